The highest BCUT2D eigenvalue weighted by molar-refractivity contribution is 5.81. The summed E-state index contributed by atoms with van der Waals surface area (Å²) in [4.78, 5) is 13.7. The lowest BCUT2D eigenvalue weighted by Gasteiger charge is -2.40. The van der Waals surface area contributed by atoms with Gasteiger partial charge < -0.3 is 15.4 Å². The Morgan fingerprint density at radius 1 is 1.67 bits per heavy atom. The molecule has 1 rings (SSSR count). The van der Waals surface area contributed by atoms with E-state index in [0.717, 1.165) is 19.4 Å². The monoisotopic (exact) mass is 214 g/mol. The van der Waals surface area contributed by atoms with Crippen LogP contribution >= 0.6 is 0 Å². The van der Waals surface area contributed by atoms with E-state index in [0.29, 0.717) is 13.0 Å². The van der Waals surface area contributed by atoms with Crippen LogP contribution in [0.5, 0.6) is 0 Å². The summed E-state index contributed by atoms with van der Waals surface area (Å²) in [5.74, 6) is 0.0560. The zero-order valence-electron chi connectivity index (χ0n) is 9.95. The van der Waals surface area contributed by atoms with Crippen molar-refractivity contribution in [2.45, 2.75) is 44.8 Å². The van der Waals surface area contributed by atoms with Gasteiger partial charge in [-0.2, -0.15) is 0 Å². The van der Waals surface area contributed by atoms with Gasteiger partial charge in [0.15, 0.2) is 0 Å². The molecule has 4 nitrogen and oxygen atoms in total. The molecule has 1 fully saturated rings. The minimum Gasteiger partial charge on any atom is -0.377 e. The Labute approximate surface area is 91.8 Å². The highest BCUT2D eigenvalue weighted by Crippen LogP contribution is 2.24. The molecule has 2 N–H and O–H groups in total. The fourth-order valence-electron chi connectivity index (χ4n) is 1.97. The number of piperidine rings is 1. The molecule has 1 aliphatic heterocycles. The Kier molecular flexibility index (Phi) is 4.11. The SMILES string of the molecule is CCC(N)C(=O)N1CCCC(C)(OC)C1. The number of amides is 1. The van der Waals surface area contributed by atoms with Crippen LogP contribution in [0.2, 0.25) is 0 Å². The summed E-state index contributed by atoms with van der Waals surface area (Å²) in [5, 5.41) is 0. The maximum Gasteiger partial charge on any atom is 0.239 e. The first-order valence-corrected chi connectivity index (χ1v) is 5.62. The molecule has 1 amide bonds. The van der Waals surface area contributed by atoms with E-state index < -0.39 is 0 Å². The summed E-state index contributed by atoms with van der Waals surface area (Å²) in [5.41, 5.74) is 5.55. The Balaban J connectivity index is 2.60. The van der Waals surface area contributed by atoms with Crippen LogP contribution in [0, 0.1) is 0 Å². The van der Waals surface area contributed by atoms with E-state index >= 15 is 0 Å². The fourth-order valence-corrected chi connectivity index (χ4v) is 1.97. The number of rotatable bonds is 3. The Morgan fingerprint density at radius 3 is 2.87 bits per heavy atom. The number of likely N-dealkylation sites (tertiary alicyclic amines) is 1. The maximum atomic E-state index is 11.9. The largest absolute Gasteiger partial charge is 0.377 e. The quantitative estimate of drug-likeness (QED) is 0.754. The van der Waals surface area contributed by atoms with Gasteiger partial charge in [-0.25, -0.2) is 0 Å². The summed E-state index contributed by atoms with van der Waals surface area (Å²) in [6.07, 6.45) is 2.69. The minimum atomic E-state index is -0.357. The third kappa shape index (κ3) is 2.92. The Bertz CT molecular complexity index is 233. The van der Waals surface area contributed by atoms with Crippen LogP contribution < -0.4 is 5.73 Å². The van der Waals surface area contributed by atoms with Crippen molar-refractivity contribution in [2.24, 2.45) is 5.73 Å². The second kappa shape index (κ2) is 4.94. The van der Waals surface area contributed by atoms with Crippen LogP contribution in [0.15, 0.2) is 0 Å². The van der Waals surface area contributed by atoms with E-state index in [1.54, 1.807) is 7.11 Å². The smallest absolute Gasteiger partial charge is 0.239 e. The zero-order valence-corrected chi connectivity index (χ0v) is 9.95. The molecule has 0 aromatic carbocycles. The number of hydrogen-bond donors (Lipinski definition) is 1. The zero-order chi connectivity index (χ0) is 11.5. The number of hydrogen-bond acceptors (Lipinski definition) is 3. The molecule has 2 unspecified atom stereocenters. The predicted molar refractivity (Wildman–Crippen MR) is 59.5 cm³/mol. The summed E-state index contributed by atoms with van der Waals surface area (Å²) >= 11 is 0. The van der Waals surface area contributed by atoms with Gasteiger partial charge in [-0.05, 0) is 26.2 Å². The standard InChI is InChI=1S/C11H22N2O2/c1-4-9(12)10(14)13-7-5-6-11(2,8-13)15-3/h9H,4-8,12H2,1-3H3. The lowest BCUT2D eigenvalue weighted by Crippen LogP contribution is -2.53. The van der Waals surface area contributed by atoms with E-state index in [1.807, 2.05) is 18.7 Å². The number of carbonyl (C=O) groups is 1. The molecule has 1 saturated heterocycles. The van der Waals surface area contributed by atoms with Crippen molar-refractivity contribution in [3.63, 3.8) is 0 Å². The van der Waals surface area contributed by atoms with Crippen LogP contribution in [-0.4, -0.2) is 42.6 Å². The average Bonchev–Trinajstić information content (AvgIpc) is 2.27. The van der Waals surface area contributed by atoms with Crippen LogP contribution in [0.4, 0.5) is 0 Å². The van der Waals surface area contributed by atoms with E-state index in [1.165, 1.54) is 0 Å². The molecule has 4 heteroatoms. The second-order valence-electron chi connectivity index (χ2n) is 4.53. The molecule has 0 aromatic heterocycles. The van der Waals surface area contributed by atoms with Crippen molar-refractivity contribution < 1.29 is 9.53 Å². The first kappa shape index (κ1) is 12.5. The maximum absolute atomic E-state index is 11.9. The normalized spacial score (nSPS) is 28.9. The fraction of sp³-hybridized carbons (Fsp3) is 0.909. The van der Waals surface area contributed by atoms with E-state index in [9.17, 15) is 4.79 Å². The first-order valence-electron chi connectivity index (χ1n) is 5.62. The second-order valence-corrected chi connectivity index (χ2v) is 4.53. The number of nitrogens with two attached hydrogens (primary N) is 1. The van der Waals surface area contributed by atoms with Gasteiger partial charge in [0.25, 0.3) is 0 Å². The molecule has 2 atom stereocenters. The Morgan fingerprint density at radius 2 is 2.33 bits per heavy atom. The minimum absolute atomic E-state index is 0.0560. The van der Waals surface area contributed by atoms with Gasteiger partial charge in [-0.1, -0.05) is 6.92 Å². The molecule has 0 aliphatic carbocycles. The number of ether oxygens (including phenoxy) is 1. The lowest BCUT2D eigenvalue weighted by atomic mass is 9.94. The van der Waals surface area contributed by atoms with Crippen LogP contribution in [0.1, 0.15) is 33.1 Å². The lowest BCUT2D eigenvalue weighted by molar-refractivity contribution is -0.140. The third-order valence-corrected chi connectivity index (χ3v) is 3.22. The van der Waals surface area contributed by atoms with Crippen molar-refractivity contribution >= 4 is 5.91 Å². The summed E-state index contributed by atoms with van der Waals surface area (Å²) in [6, 6.07) is -0.357. The predicted octanol–water partition coefficient (Wildman–Crippen LogP) is 0.751. The van der Waals surface area contributed by atoms with Crippen LogP contribution in [-0.2, 0) is 9.53 Å². The molecular formula is C11H22N2O2. The molecule has 15 heavy (non-hydrogen) atoms. The highest BCUT2D eigenvalue weighted by Gasteiger charge is 2.34. The van der Waals surface area contributed by atoms with Crippen LogP contribution in [0.25, 0.3) is 0 Å². The van der Waals surface area contributed by atoms with Gasteiger partial charge >= 0.3 is 0 Å². The van der Waals surface area contributed by atoms with E-state index in [-0.39, 0.29) is 17.6 Å². The molecule has 0 radical (unpaired) electrons. The molecule has 0 aromatic rings. The summed E-state index contributed by atoms with van der Waals surface area (Å²) in [7, 11) is 1.70. The molecule has 1 heterocycles. The molecule has 0 saturated carbocycles. The summed E-state index contributed by atoms with van der Waals surface area (Å²) < 4.78 is 5.44. The van der Waals surface area contributed by atoms with E-state index in [2.05, 4.69) is 0 Å². The van der Waals surface area contributed by atoms with Crippen molar-refractivity contribution in [3.05, 3.63) is 0 Å². The van der Waals surface area contributed by atoms with Gasteiger partial charge in [0.05, 0.1) is 11.6 Å². The molecule has 88 valence electrons. The first-order chi connectivity index (χ1) is 7.02. The molecular weight excluding hydrogens is 192 g/mol. The molecule has 0 bridgehead atoms. The Hall–Kier alpha value is -0.610. The van der Waals surface area contributed by atoms with Crippen molar-refractivity contribution in [2.75, 3.05) is 20.2 Å². The van der Waals surface area contributed by atoms with Crippen molar-refractivity contribution in [3.8, 4) is 0 Å². The number of methoxy groups -OCH3 is 1. The van der Waals surface area contributed by atoms with Crippen LogP contribution in [0.3, 0.4) is 0 Å². The topological polar surface area (TPSA) is 55.6 Å². The van der Waals surface area contributed by atoms with Crippen molar-refractivity contribution in [1.29, 1.82) is 0 Å². The van der Waals surface area contributed by atoms with Gasteiger partial charge in [0.1, 0.15) is 0 Å². The third-order valence-electron chi connectivity index (χ3n) is 3.22. The van der Waals surface area contributed by atoms with Crippen molar-refractivity contribution in [1.82, 2.24) is 4.90 Å². The number of nitrogens with zero attached hydrogens (tertiary/aromatic N) is 1. The van der Waals surface area contributed by atoms with Gasteiger partial charge in [-0.15, -0.1) is 0 Å². The number of carbonyl (C=O) groups excluding carboxylic acids is 1. The highest BCUT2D eigenvalue weighted by atomic mass is 16.5. The van der Waals surface area contributed by atoms with Gasteiger partial charge in [0, 0.05) is 20.2 Å². The van der Waals surface area contributed by atoms with Gasteiger partial charge in [-0.3, -0.25) is 4.79 Å². The summed E-state index contributed by atoms with van der Waals surface area (Å²) in [6.45, 7) is 5.45. The van der Waals surface area contributed by atoms with Gasteiger partial charge in [0.2, 0.25) is 5.91 Å². The molecule has 0 spiro atoms. The molecule has 1 aliphatic rings. The average molecular weight is 214 g/mol. The van der Waals surface area contributed by atoms with E-state index in [4.69, 9.17) is 10.5 Å².